The van der Waals surface area contributed by atoms with Crippen molar-refractivity contribution in [1.29, 1.82) is 0 Å². The lowest BCUT2D eigenvalue weighted by Crippen LogP contribution is -2.11. The maximum Gasteiger partial charge on any atom is 0.160 e. The van der Waals surface area contributed by atoms with Gasteiger partial charge in [-0.2, -0.15) is 0 Å². The molecule has 0 aliphatic heterocycles. The van der Waals surface area contributed by atoms with Gasteiger partial charge in [-0.15, -0.1) is 0 Å². The van der Waals surface area contributed by atoms with Gasteiger partial charge >= 0.3 is 0 Å². The Balaban J connectivity index is 1.83. The zero-order valence-corrected chi connectivity index (χ0v) is 12.4. The van der Waals surface area contributed by atoms with Gasteiger partial charge in [-0.05, 0) is 24.3 Å². The monoisotopic (exact) mass is 312 g/mol. The second-order valence-electron chi connectivity index (χ2n) is 4.91. The van der Waals surface area contributed by atoms with Crippen LogP contribution in [0.4, 0.5) is 31.8 Å². The van der Waals surface area contributed by atoms with Gasteiger partial charge < -0.3 is 10.2 Å². The van der Waals surface area contributed by atoms with Gasteiger partial charge in [-0.3, -0.25) is 0 Å². The van der Waals surface area contributed by atoms with Crippen LogP contribution in [0.2, 0.25) is 0 Å². The van der Waals surface area contributed by atoms with E-state index in [9.17, 15) is 8.78 Å². The Bertz CT molecular complexity index is 809. The highest BCUT2D eigenvalue weighted by atomic mass is 19.2. The number of nitrogens with one attached hydrogen (secondary N) is 1. The van der Waals surface area contributed by atoms with Crippen molar-refractivity contribution >= 4 is 23.0 Å². The molecular formula is C17H14F2N4. The predicted molar refractivity (Wildman–Crippen MR) is 86.2 cm³/mol. The molecule has 0 atom stereocenters. The first kappa shape index (κ1) is 14.9. The van der Waals surface area contributed by atoms with Crippen LogP contribution in [-0.4, -0.2) is 17.0 Å². The molecule has 0 saturated heterocycles. The number of halogens is 2. The van der Waals surface area contributed by atoms with Gasteiger partial charge in [0.2, 0.25) is 0 Å². The Labute approximate surface area is 132 Å². The lowest BCUT2D eigenvalue weighted by atomic mass is 10.3. The molecule has 4 nitrogen and oxygen atoms in total. The molecule has 3 aromatic rings. The van der Waals surface area contributed by atoms with Crippen LogP contribution in [0.5, 0.6) is 0 Å². The summed E-state index contributed by atoms with van der Waals surface area (Å²) in [6.45, 7) is 0. The maximum absolute atomic E-state index is 13.3. The second kappa shape index (κ2) is 6.39. The van der Waals surface area contributed by atoms with Crippen molar-refractivity contribution in [3.8, 4) is 0 Å². The number of aromatic nitrogens is 2. The highest BCUT2D eigenvalue weighted by Gasteiger charge is 2.08. The van der Waals surface area contributed by atoms with Gasteiger partial charge in [0.25, 0.3) is 0 Å². The second-order valence-corrected chi connectivity index (χ2v) is 4.91. The normalized spacial score (nSPS) is 10.4. The lowest BCUT2D eigenvalue weighted by Gasteiger charge is -2.18. The average molecular weight is 312 g/mol. The number of rotatable bonds is 4. The Hall–Kier alpha value is -3.02. The van der Waals surface area contributed by atoms with Crippen molar-refractivity contribution in [3.05, 3.63) is 72.6 Å². The third-order valence-electron chi connectivity index (χ3n) is 3.33. The number of benzene rings is 2. The Morgan fingerprint density at radius 1 is 0.913 bits per heavy atom. The molecule has 0 spiro atoms. The smallest absolute Gasteiger partial charge is 0.160 e. The Morgan fingerprint density at radius 3 is 2.43 bits per heavy atom. The average Bonchev–Trinajstić information content (AvgIpc) is 2.58. The van der Waals surface area contributed by atoms with Crippen LogP contribution in [0, 0.1) is 11.6 Å². The highest BCUT2D eigenvalue weighted by Crippen LogP contribution is 2.24. The largest absolute Gasteiger partial charge is 0.340 e. The Morgan fingerprint density at radius 2 is 1.70 bits per heavy atom. The summed E-state index contributed by atoms with van der Waals surface area (Å²) < 4.78 is 26.2. The molecule has 3 rings (SSSR count). The van der Waals surface area contributed by atoms with Crippen LogP contribution < -0.4 is 10.2 Å². The molecule has 0 fully saturated rings. The number of hydrogen-bond donors (Lipinski definition) is 1. The quantitative estimate of drug-likeness (QED) is 0.781. The summed E-state index contributed by atoms with van der Waals surface area (Å²) in [5, 5.41) is 2.93. The van der Waals surface area contributed by atoms with E-state index >= 15 is 0 Å². The summed E-state index contributed by atoms with van der Waals surface area (Å²) in [4.78, 5) is 10.2. The van der Waals surface area contributed by atoms with E-state index < -0.39 is 11.6 Å². The summed E-state index contributed by atoms with van der Waals surface area (Å²) in [5.41, 5.74) is 1.39. The van der Waals surface area contributed by atoms with Crippen molar-refractivity contribution in [1.82, 2.24) is 9.97 Å². The van der Waals surface area contributed by atoms with Crippen molar-refractivity contribution in [2.75, 3.05) is 17.3 Å². The van der Waals surface area contributed by atoms with Crippen molar-refractivity contribution < 1.29 is 8.78 Å². The molecule has 0 aliphatic rings. The summed E-state index contributed by atoms with van der Waals surface area (Å²) in [6, 6.07) is 15.1. The molecule has 0 bridgehead atoms. The first-order chi connectivity index (χ1) is 11.1. The highest BCUT2D eigenvalue weighted by molar-refractivity contribution is 5.64. The molecule has 0 radical (unpaired) electrons. The van der Waals surface area contributed by atoms with Crippen molar-refractivity contribution in [3.63, 3.8) is 0 Å². The molecule has 2 aromatic carbocycles. The SMILES string of the molecule is CN(c1ccccc1)c1cc(Nc2ccc(F)c(F)c2)ncn1. The van der Waals surface area contributed by atoms with E-state index in [1.807, 2.05) is 42.3 Å². The fourth-order valence-electron chi connectivity index (χ4n) is 2.10. The minimum atomic E-state index is -0.911. The van der Waals surface area contributed by atoms with Crippen LogP contribution in [0.3, 0.4) is 0 Å². The van der Waals surface area contributed by atoms with E-state index in [0.29, 0.717) is 17.3 Å². The van der Waals surface area contributed by atoms with Crippen LogP contribution in [0.25, 0.3) is 0 Å². The zero-order valence-electron chi connectivity index (χ0n) is 12.4. The minimum Gasteiger partial charge on any atom is -0.340 e. The fraction of sp³-hybridized carbons (Fsp3) is 0.0588. The standard InChI is InChI=1S/C17H14F2N4/c1-23(13-5-3-2-4-6-13)17-10-16(20-11-21-17)22-12-7-8-14(18)15(19)9-12/h2-11H,1H3,(H,20,21,22). The molecule has 1 N–H and O–H groups in total. The van der Waals surface area contributed by atoms with Gasteiger partial charge in [-0.25, -0.2) is 18.7 Å². The minimum absolute atomic E-state index is 0.413. The maximum atomic E-state index is 13.3. The molecule has 6 heteroatoms. The molecule has 23 heavy (non-hydrogen) atoms. The van der Waals surface area contributed by atoms with Crippen molar-refractivity contribution in [2.45, 2.75) is 0 Å². The van der Waals surface area contributed by atoms with E-state index in [0.717, 1.165) is 17.8 Å². The van der Waals surface area contributed by atoms with Crippen LogP contribution in [-0.2, 0) is 0 Å². The van der Waals surface area contributed by atoms with Gasteiger partial charge in [0.15, 0.2) is 11.6 Å². The summed E-state index contributed by atoms with van der Waals surface area (Å²) in [6.07, 6.45) is 1.41. The van der Waals surface area contributed by atoms with Crippen molar-refractivity contribution in [2.24, 2.45) is 0 Å². The number of hydrogen-bond acceptors (Lipinski definition) is 4. The van der Waals surface area contributed by atoms with Gasteiger partial charge in [0.1, 0.15) is 18.0 Å². The van der Waals surface area contributed by atoms with E-state index in [-0.39, 0.29) is 0 Å². The number of nitrogens with zero attached hydrogens (tertiary/aromatic N) is 3. The van der Waals surface area contributed by atoms with E-state index in [2.05, 4.69) is 15.3 Å². The van der Waals surface area contributed by atoms with Crippen LogP contribution in [0.15, 0.2) is 60.9 Å². The molecular weight excluding hydrogens is 298 g/mol. The number of anilines is 4. The molecule has 0 aliphatic carbocycles. The lowest BCUT2D eigenvalue weighted by molar-refractivity contribution is 0.509. The zero-order chi connectivity index (χ0) is 16.2. The topological polar surface area (TPSA) is 41.0 Å². The van der Waals surface area contributed by atoms with Gasteiger partial charge in [0, 0.05) is 30.6 Å². The molecule has 0 amide bonds. The van der Waals surface area contributed by atoms with Gasteiger partial charge in [-0.1, -0.05) is 18.2 Å². The summed E-state index contributed by atoms with van der Waals surface area (Å²) in [7, 11) is 1.89. The first-order valence-electron chi connectivity index (χ1n) is 6.96. The third-order valence-corrected chi connectivity index (χ3v) is 3.33. The van der Waals surface area contributed by atoms with Gasteiger partial charge in [0.05, 0.1) is 0 Å². The van der Waals surface area contributed by atoms with E-state index in [4.69, 9.17) is 0 Å². The first-order valence-corrected chi connectivity index (χ1v) is 6.96. The molecule has 1 heterocycles. The molecule has 116 valence electrons. The van der Waals surface area contributed by atoms with Crippen LogP contribution >= 0.6 is 0 Å². The molecule has 0 unspecified atom stereocenters. The predicted octanol–water partition coefficient (Wildman–Crippen LogP) is 4.27. The summed E-state index contributed by atoms with van der Waals surface area (Å²) >= 11 is 0. The Kier molecular flexibility index (Phi) is 4.14. The van der Waals surface area contributed by atoms with E-state index in [1.165, 1.54) is 12.4 Å². The molecule has 1 aromatic heterocycles. The summed E-state index contributed by atoms with van der Waals surface area (Å²) in [5.74, 6) is -0.631. The fourth-order valence-corrected chi connectivity index (χ4v) is 2.10. The third kappa shape index (κ3) is 3.42. The molecule has 0 saturated carbocycles. The van der Waals surface area contributed by atoms with E-state index in [1.54, 1.807) is 6.07 Å². The van der Waals surface area contributed by atoms with Crippen LogP contribution in [0.1, 0.15) is 0 Å². The number of para-hydroxylation sites is 1.